The Hall–Kier alpha value is -3.77. The van der Waals surface area contributed by atoms with E-state index in [1.807, 2.05) is 61.5 Å². The van der Waals surface area contributed by atoms with Crippen molar-refractivity contribution >= 4 is 17.5 Å². The third kappa shape index (κ3) is 5.62. The number of azide groups is 1. The Morgan fingerprint density at radius 1 is 1.00 bits per heavy atom. The third-order valence-corrected chi connectivity index (χ3v) is 3.64. The van der Waals surface area contributed by atoms with Crippen molar-refractivity contribution in [3.05, 3.63) is 87.9 Å². The first-order valence-corrected chi connectivity index (χ1v) is 8.37. The lowest BCUT2D eigenvalue weighted by atomic mass is 10.2. The van der Waals surface area contributed by atoms with Gasteiger partial charge in [-0.15, -0.1) is 5.11 Å². The molecule has 27 heavy (non-hydrogen) atoms. The van der Waals surface area contributed by atoms with E-state index in [0.29, 0.717) is 18.1 Å². The van der Waals surface area contributed by atoms with Crippen LogP contribution in [0.4, 0.5) is 17.5 Å². The molecule has 0 aliphatic carbocycles. The molecule has 0 aliphatic rings. The first-order valence-electron chi connectivity index (χ1n) is 8.37. The number of aromatic nitrogens is 2. The van der Waals surface area contributed by atoms with Crippen molar-refractivity contribution in [1.29, 1.82) is 0 Å². The predicted molar refractivity (Wildman–Crippen MR) is 104 cm³/mol. The van der Waals surface area contributed by atoms with Crippen LogP contribution in [-0.4, -0.2) is 9.97 Å². The van der Waals surface area contributed by atoms with Crippen molar-refractivity contribution in [3.63, 3.8) is 0 Å². The second-order valence-electron chi connectivity index (χ2n) is 5.81. The van der Waals surface area contributed by atoms with Crippen LogP contribution in [0.2, 0.25) is 0 Å². The maximum atomic E-state index is 8.55. The summed E-state index contributed by atoms with van der Waals surface area (Å²) >= 11 is 0. The van der Waals surface area contributed by atoms with Crippen molar-refractivity contribution in [2.75, 3.05) is 5.32 Å². The van der Waals surface area contributed by atoms with Gasteiger partial charge in [-0.05, 0) is 30.2 Å². The highest BCUT2D eigenvalue weighted by atomic mass is 15.2. The van der Waals surface area contributed by atoms with E-state index in [2.05, 4.69) is 35.5 Å². The molecule has 0 spiro atoms. The Balaban J connectivity index is 1.81. The molecule has 0 saturated heterocycles. The fraction of sp³-hybridized carbons (Fsp3) is 0.158. The number of hydrogen-bond acceptors (Lipinski definition) is 6. The van der Waals surface area contributed by atoms with Crippen LogP contribution < -0.4 is 5.32 Å². The summed E-state index contributed by atoms with van der Waals surface area (Å²) in [6.07, 6.45) is 0. The lowest BCUT2D eigenvalue weighted by Crippen LogP contribution is -1.98. The van der Waals surface area contributed by atoms with Gasteiger partial charge in [-0.2, -0.15) is 10.1 Å². The molecule has 0 aliphatic heterocycles. The zero-order valence-electron chi connectivity index (χ0n) is 14.8. The number of benzene rings is 2. The summed E-state index contributed by atoms with van der Waals surface area (Å²) in [5, 5.41) is 15.0. The Morgan fingerprint density at radius 3 is 2.52 bits per heavy atom. The number of hydrogen-bond donors (Lipinski definition) is 1. The normalized spacial score (nSPS) is 10.6. The minimum Gasteiger partial charge on any atom is -0.340 e. The van der Waals surface area contributed by atoms with Crippen LogP contribution in [0.25, 0.3) is 10.4 Å². The number of nitrogens with one attached hydrogen (secondary N) is 1. The highest BCUT2D eigenvalue weighted by molar-refractivity contribution is 5.57. The molecule has 0 saturated carbocycles. The van der Waals surface area contributed by atoms with Crippen molar-refractivity contribution in [2.24, 2.45) is 15.3 Å². The van der Waals surface area contributed by atoms with Crippen LogP contribution in [0, 0.1) is 6.92 Å². The van der Waals surface area contributed by atoms with Gasteiger partial charge in [0, 0.05) is 16.7 Å². The van der Waals surface area contributed by atoms with E-state index in [9.17, 15) is 0 Å². The van der Waals surface area contributed by atoms with E-state index in [0.717, 1.165) is 11.3 Å². The van der Waals surface area contributed by atoms with Crippen molar-refractivity contribution in [3.8, 4) is 0 Å². The highest BCUT2D eigenvalue weighted by Gasteiger charge is 2.05. The van der Waals surface area contributed by atoms with Crippen LogP contribution in [0.3, 0.4) is 0 Å². The fourth-order valence-corrected chi connectivity index (χ4v) is 2.33. The molecule has 8 nitrogen and oxygen atoms in total. The molecule has 0 radical (unpaired) electrons. The zero-order valence-corrected chi connectivity index (χ0v) is 14.8. The summed E-state index contributed by atoms with van der Waals surface area (Å²) in [6.45, 7) is 2.58. The predicted octanol–water partition coefficient (Wildman–Crippen LogP) is 5.62. The summed E-state index contributed by atoms with van der Waals surface area (Å²) in [5.74, 6) is 0.775. The SMILES string of the molecule is Cc1ccc(Nc2cc(CN=[N+]=[N-])nc(N=NCc3ccccc3)n2)cc1. The zero-order chi connectivity index (χ0) is 18.9. The number of nitrogens with zero attached hydrogens (tertiary/aromatic N) is 7. The number of azo groups is 1. The van der Waals surface area contributed by atoms with Gasteiger partial charge in [-0.3, -0.25) is 0 Å². The first kappa shape index (κ1) is 18.0. The van der Waals surface area contributed by atoms with Crippen molar-refractivity contribution in [2.45, 2.75) is 20.0 Å². The molecule has 1 N–H and O–H groups in total. The Morgan fingerprint density at radius 2 is 1.78 bits per heavy atom. The summed E-state index contributed by atoms with van der Waals surface area (Å²) in [7, 11) is 0. The first-order chi connectivity index (χ1) is 13.2. The van der Waals surface area contributed by atoms with Gasteiger partial charge in [0.15, 0.2) is 0 Å². The molecular weight excluding hydrogens is 340 g/mol. The quantitative estimate of drug-likeness (QED) is 0.336. The van der Waals surface area contributed by atoms with Gasteiger partial charge in [-0.1, -0.05) is 53.1 Å². The molecule has 8 heteroatoms. The lowest BCUT2D eigenvalue weighted by Gasteiger charge is -2.07. The number of aryl methyl sites for hydroxylation is 1. The second-order valence-corrected chi connectivity index (χ2v) is 5.81. The van der Waals surface area contributed by atoms with Gasteiger partial charge in [0.05, 0.1) is 18.8 Å². The van der Waals surface area contributed by atoms with E-state index in [-0.39, 0.29) is 12.5 Å². The molecule has 3 aromatic rings. The Labute approximate surface area is 156 Å². The molecule has 1 heterocycles. The van der Waals surface area contributed by atoms with E-state index in [4.69, 9.17) is 5.53 Å². The van der Waals surface area contributed by atoms with Gasteiger partial charge < -0.3 is 5.32 Å². The molecule has 2 aromatic carbocycles. The average Bonchev–Trinajstić information content (AvgIpc) is 2.69. The van der Waals surface area contributed by atoms with E-state index < -0.39 is 0 Å². The van der Waals surface area contributed by atoms with Crippen LogP contribution in [0.15, 0.2) is 76.0 Å². The van der Waals surface area contributed by atoms with Crippen LogP contribution in [0.5, 0.6) is 0 Å². The number of rotatable bonds is 7. The molecule has 0 unspecified atom stereocenters. The van der Waals surface area contributed by atoms with E-state index in [1.165, 1.54) is 5.56 Å². The molecular formula is C19H18N8. The van der Waals surface area contributed by atoms with Gasteiger partial charge >= 0.3 is 0 Å². The highest BCUT2D eigenvalue weighted by Crippen LogP contribution is 2.19. The van der Waals surface area contributed by atoms with E-state index in [1.54, 1.807) is 6.07 Å². The molecule has 1 aromatic heterocycles. The topological polar surface area (TPSA) is 111 Å². The monoisotopic (exact) mass is 358 g/mol. The van der Waals surface area contributed by atoms with Crippen LogP contribution in [-0.2, 0) is 13.1 Å². The molecule has 3 rings (SSSR count). The van der Waals surface area contributed by atoms with Crippen LogP contribution in [0.1, 0.15) is 16.8 Å². The molecule has 0 fully saturated rings. The largest absolute Gasteiger partial charge is 0.340 e. The lowest BCUT2D eigenvalue weighted by molar-refractivity contribution is 0.898. The van der Waals surface area contributed by atoms with Gasteiger partial charge in [0.2, 0.25) is 0 Å². The Bertz CT molecular complexity index is 961. The summed E-state index contributed by atoms with van der Waals surface area (Å²) in [6, 6.07) is 19.5. The van der Waals surface area contributed by atoms with Crippen LogP contribution >= 0.6 is 0 Å². The average molecular weight is 358 g/mol. The smallest absolute Gasteiger partial charge is 0.270 e. The summed E-state index contributed by atoms with van der Waals surface area (Å²) in [4.78, 5) is 11.4. The Kier molecular flexibility index (Phi) is 6.06. The van der Waals surface area contributed by atoms with E-state index >= 15 is 0 Å². The molecule has 0 bridgehead atoms. The maximum Gasteiger partial charge on any atom is 0.270 e. The van der Waals surface area contributed by atoms with Gasteiger partial charge in [0.25, 0.3) is 5.95 Å². The van der Waals surface area contributed by atoms with Gasteiger partial charge in [0.1, 0.15) is 5.82 Å². The minimum absolute atomic E-state index is 0.114. The number of anilines is 2. The maximum absolute atomic E-state index is 8.55. The van der Waals surface area contributed by atoms with Crippen molar-refractivity contribution < 1.29 is 0 Å². The molecule has 134 valence electrons. The summed E-state index contributed by atoms with van der Waals surface area (Å²) in [5.41, 5.74) is 12.2. The standard InChI is InChI=1S/C19H18N8/c1-14-7-9-16(10-8-14)23-18-11-17(13-22-27-20)24-19(25-18)26-21-12-15-5-3-2-4-6-15/h2-11H,12-13H2,1H3,(H,23,24,25). The minimum atomic E-state index is 0.114. The molecule has 0 atom stereocenters. The second kappa shape index (κ2) is 9.07. The third-order valence-electron chi connectivity index (χ3n) is 3.64. The van der Waals surface area contributed by atoms with Crippen molar-refractivity contribution in [1.82, 2.24) is 9.97 Å². The van der Waals surface area contributed by atoms with Gasteiger partial charge in [-0.25, -0.2) is 4.98 Å². The fourth-order valence-electron chi connectivity index (χ4n) is 2.33. The molecule has 0 amide bonds. The summed E-state index contributed by atoms with van der Waals surface area (Å²) < 4.78 is 0.